The van der Waals surface area contributed by atoms with Crippen LogP contribution in [-0.4, -0.2) is 17.9 Å². The van der Waals surface area contributed by atoms with Gasteiger partial charge in [0.2, 0.25) is 0 Å². The van der Waals surface area contributed by atoms with Crippen LogP contribution >= 0.6 is 0 Å². The summed E-state index contributed by atoms with van der Waals surface area (Å²) in [5, 5.41) is 13.8. The van der Waals surface area contributed by atoms with Crippen molar-refractivity contribution in [2.24, 2.45) is 5.16 Å². The number of phenols is 1. The van der Waals surface area contributed by atoms with Gasteiger partial charge in [0.1, 0.15) is 18.6 Å². The molecule has 0 bridgehead atoms. The Hall–Kier alpha value is -2.29. The Balaban J connectivity index is 2.52. The maximum Gasteiger partial charge on any atom is 0.125 e. The number of nitrogens with zero attached hydrogens (tertiary/aromatic N) is 1. The molecular formula is C14H13NO2. The molecule has 3 heteroatoms. The van der Waals surface area contributed by atoms with Gasteiger partial charge in [-0.2, -0.15) is 0 Å². The molecular weight excluding hydrogens is 214 g/mol. The van der Waals surface area contributed by atoms with E-state index in [1.165, 1.54) is 7.11 Å². The molecule has 2 rings (SSSR count). The van der Waals surface area contributed by atoms with Crippen LogP contribution in [0, 0.1) is 0 Å². The fourth-order valence-electron chi connectivity index (χ4n) is 1.62. The van der Waals surface area contributed by atoms with Crippen molar-refractivity contribution < 1.29 is 9.94 Å². The van der Waals surface area contributed by atoms with Gasteiger partial charge in [0.15, 0.2) is 0 Å². The number of hydrogen-bond acceptors (Lipinski definition) is 3. The SMILES string of the molecule is CO/N=C(\c1ccccc1)c1ccccc1O. The molecule has 0 unspecified atom stereocenters. The van der Waals surface area contributed by atoms with Crippen LogP contribution in [0.3, 0.4) is 0 Å². The lowest BCUT2D eigenvalue weighted by atomic mass is 10.0. The van der Waals surface area contributed by atoms with E-state index in [-0.39, 0.29) is 5.75 Å². The van der Waals surface area contributed by atoms with Crippen molar-refractivity contribution in [2.75, 3.05) is 7.11 Å². The van der Waals surface area contributed by atoms with Gasteiger partial charge < -0.3 is 9.94 Å². The van der Waals surface area contributed by atoms with E-state index in [0.717, 1.165) is 5.56 Å². The molecule has 17 heavy (non-hydrogen) atoms. The van der Waals surface area contributed by atoms with Crippen molar-refractivity contribution in [2.45, 2.75) is 0 Å². The first-order valence-electron chi connectivity index (χ1n) is 5.28. The van der Waals surface area contributed by atoms with Gasteiger partial charge in [0.05, 0.1) is 0 Å². The van der Waals surface area contributed by atoms with Gasteiger partial charge in [-0.15, -0.1) is 0 Å². The lowest BCUT2D eigenvalue weighted by Crippen LogP contribution is -2.04. The van der Waals surface area contributed by atoms with E-state index < -0.39 is 0 Å². The normalized spacial score (nSPS) is 11.2. The summed E-state index contributed by atoms with van der Waals surface area (Å²) in [7, 11) is 1.49. The first-order valence-corrected chi connectivity index (χ1v) is 5.28. The van der Waals surface area contributed by atoms with E-state index >= 15 is 0 Å². The molecule has 0 amide bonds. The number of hydrogen-bond donors (Lipinski definition) is 1. The maximum absolute atomic E-state index is 9.83. The first kappa shape index (κ1) is 11.2. The summed E-state index contributed by atoms with van der Waals surface area (Å²) in [5.74, 6) is 0.187. The summed E-state index contributed by atoms with van der Waals surface area (Å²) in [5.41, 5.74) is 2.17. The number of phenolic OH excluding ortho intramolecular Hbond substituents is 1. The van der Waals surface area contributed by atoms with Crippen LogP contribution < -0.4 is 0 Å². The monoisotopic (exact) mass is 227 g/mol. The first-order chi connectivity index (χ1) is 8.33. The molecule has 2 aromatic rings. The predicted octanol–water partition coefficient (Wildman–Crippen LogP) is 2.79. The molecule has 0 heterocycles. The molecule has 86 valence electrons. The molecule has 3 nitrogen and oxygen atoms in total. The van der Waals surface area contributed by atoms with E-state index in [4.69, 9.17) is 4.84 Å². The third-order valence-electron chi connectivity index (χ3n) is 2.39. The molecule has 0 fully saturated rings. The van der Waals surface area contributed by atoms with Crippen LogP contribution in [0.4, 0.5) is 0 Å². The Morgan fingerprint density at radius 2 is 1.65 bits per heavy atom. The minimum absolute atomic E-state index is 0.187. The van der Waals surface area contributed by atoms with E-state index in [1.54, 1.807) is 18.2 Å². The predicted molar refractivity (Wildman–Crippen MR) is 67.2 cm³/mol. The molecule has 0 saturated carbocycles. The molecule has 0 aliphatic carbocycles. The lowest BCUT2D eigenvalue weighted by molar-refractivity contribution is 0.214. The Bertz CT molecular complexity index is 521. The highest BCUT2D eigenvalue weighted by Gasteiger charge is 2.11. The Kier molecular flexibility index (Phi) is 3.40. The van der Waals surface area contributed by atoms with Crippen molar-refractivity contribution in [1.82, 2.24) is 0 Å². The second kappa shape index (κ2) is 5.16. The third kappa shape index (κ3) is 2.45. The van der Waals surface area contributed by atoms with Gasteiger partial charge in [-0.25, -0.2) is 0 Å². The molecule has 2 aromatic carbocycles. The zero-order valence-corrected chi connectivity index (χ0v) is 9.50. The smallest absolute Gasteiger partial charge is 0.125 e. The van der Waals surface area contributed by atoms with Crippen molar-refractivity contribution in [3.63, 3.8) is 0 Å². The molecule has 0 aromatic heterocycles. The van der Waals surface area contributed by atoms with Crippen LogP contribution in [0.2, 0.25) is 0 Å². The molecule has 0 aliphatic heterocycles. The summed E-state index contributed by atoms with van der Waals surface area (Å²) in [6.45, 7) is 0. The average Bonchev–Trinajstić information content (AvgIpc) is 2.38. The fourth-order valence-corrected chi connectivity index (χ4v) is 1.62. The fraction of sp³-hybridized carbons (Fsp3) is 0.0714. The third-order valence-corrected chi connectivity index (χ3v) is 2.39. The van der Waals surface area contributed by atoms with Crippen molar-refractivity contribution in [3.8, 4) is 5.75 Å². The van der Waals surface area contributed by atoms with Crippen molar-refractivity contribution in [1.29, 1.82) is 0 Å². The Morgan fingerprint density at radius 1 is 1.00 bits per heavy atom. The molecule has 0 atom stereocenters. The van der Waals surface area contributed by atoms with E-state index in [1.807, 2.05) is 36.4 Å². The van der Waals surface area contributed by atoms with Gasteiger partial charge in [-0.1, -0.05) is 47.6 Å². The van der Waals surface area contributed by atoms with Crippen LogP contribution in [0.15, 0.2) is 59.8 Å². The van der Waals surface area contributed by atoms with Gasteiger partial charge in [0.25, 0.3) is 0 Å². The molecule has 0 aliphatic rings. The standard InChI is InChI=1S/C14H13NO2/c1-17-15-14(11-7-3-2-4-8-11)12-9-5-6-10-13(12)16/h2-10,16H,1H3/b15-14+. The summed E-state index contributed by atoms with van der Waals surface area (Å²) >= 11 is 0. The maximum atomic E-state index is 9.83. The highest BCUT2D eigenvalue weighted by molar-refractivity contribution is 6.14. The van der Waals surface area contributed by atoms with Gasteiger partial charge >= 0.3 is 0 Å². The quantitative estimate of drug-likeness (QED) is 0.647. The summed E-state index contributed by atoms with van der Waals surface area (Å²) in [6.07, 6.45) is 0. The molecule has 0 radical (unpaired) electrons. The molecule has 0 saturated heterocycles. The zero-order chi connectivity index (χ0) is 12.1. The minimum atomic E-state index is 0.187. The summed E-state index contributed by atoms with van der Waals surface area (Å²) in [4.78, 5) is 4.84. The van der Waals surface area contributed by atoms with Crippen LogP contribution in [0.5, 0.6) is 5.75 Å². The van der Waals surface area contributed by atoms with E-state index in [0.29, 0.717) is 11.3 Å². The number of benzene rings is 2. The van der Waals surface area contributed by atoms with Crippen LogP contribution in [0.25, 0.3) is 0 Å². The highest BCUT2D eigenvalue weighted by Crippen LogP contribution is 2.20. The van der Waals surface area contributed by atoms with Crippen molar-refractivity contribution >= 4 is 5.71 Å². The average molecular weight is 227 g/mol. The highest BCUT2D eigenvalue weighted by atomic mass is 16.6. The number of oxime groups is 1. The van der Waals surface area contributed by atoms with Gasteiger partial charge in [0, 0.05) is 11.1 Å². The van der Waals surface area contributed by atoms with E-state index in [9.17, 15) is 5.11 Å². The van der Waals surface area contributed by atoms with E-state index in [2.05, 4.69) is 5.16 Å². The van der Waals surface area contributed by atoms with Crippen molar-refractivity contribution in [3.05, 3.63) is 65.7 Å². The molecule has 1 N–H and O–H groups in total. The number of aromatic hydroxyl groups is 1. The minimum Gasteiger partial charge on any atom is -0.507 e. The second-order valence-corrected chi connectivity index (χ2v) is 3.51. The molecule has 0 spiro atoms. The van der Waals surface area contributed by atoms with Crippen LogP contribution in [0.1, 0.15) is 11.1 Å². The Morgan fingerprint density at radius 3 is 2.29 bits per heavy atom. The Labute approximate surface area is 100.0 Å². The topological polar surface area (TPSA) is 41.8 Å². The summed E-state index contributed by atoms with van der Waals surface area (Å²) < 4.78 is 0. The van der Waals surface area contributed by atoms with Crippen LogP contribution in [-0.2, 0) is 4.84 Å². The zero-order valence-electron chi connectivity index (χ0n) is 9.50. The number of rotatable bonds is 3. The number of para-hydroxylation sites is 1. The lowest BCUT2D eigenvalue weighted by Gasteiger charge is -2.07. The van der Waals surface area contributed by atoms with Gasteiger partial charge in [-0.3, -0.25) is 0 Å². The second-order valence-electron chi connectivity index (χ2n) is 3.51. The largest absolute Gasteiger partial charge is 0.507 e. The van der Waals surface area contributed by atoms with Gasteiger partial charge in [-0.05, 0) is 12.1 Å². The summed E-state index contributed by atoms with van der Waals surface area (Å²) in [6, 6.07) is 16.7.